The fourth-order valence-electron chi connectivity index (χ4n) is 1.37. The van der Waals surface area contributed by atoms with Gasteiger partial charge >= 0.3 is 0 Å². The molecule has 0 N–H and O–H groups in total. The molecule has 0 unspecified atom stereocenters. The molecule has 0 saturated heterocycles. The van der Waals surface area contributed by atoms with Gasteiger partial charge in [0, 0.05) is 18.7 Å². The molecule has 0 spiro atoms. The molecule has 0 aliphatic rings. The van der Waals surface area contributed by atoms with Crippen molar-refractivity contribution >= 4 is 10.9 Å². The predicted octanol–water partition coefficient (Wildman–Crippen LogP) is 1.75. The van der Waals surface area contributed by atoms with Crippen LogP contribution in [0.4, 0.5) is 0 Å². The molecule has 4 heteroatoms. The molecule has 0 aliphatic heterocycles. The van der Waals surface area contributed by atoms with Gasteiger partial charge in [-0.05, 0) is 17.7 Å². The monoisotopic (exact) mass is 204 g/mol. The molecular formula is C11H12N2O2. The first-order chi connectivity index (χ1) is 7.40. The minimum atomic E-state index is 0.309. The van der Waals surface area contributed by atoms with E-state index in [1.807, 2.05) is 18.2 Å². The van der Waals surface area contributed by atoms with E-state index < -0.39 is 0 Å². The average molecular weight is 204 g/mol. The van der Waals surface area contributed by atoms with Crippen LogP contribution in [0.3, 0.4) is 0 Å². The number of aromatic nitrogens is 2. The summed E-state index contributed by atoms with van der Waals surface area (Å²) in [5.41, 5.74) is 2.04. The third-order valence-corrected chi connectivity index (χ3v) is 2.04. The van der Waals surface area contributed by atoms with Crippen LogP contribution in [0.25, 0.3) is 10.9 Å². The van der Waals surface area contributed by atoms with Crippen LogP contribution in [0.15, 0.2) is 30.7 Å². The lowest BCUT2D eigenvalue weighted by molar-refractivity contribution is -0.0390. The maximum atomic E-state index is 5.25. The number of benzene rings is 1. The third-order valence-electron chi connectivity index (χ3n) is 2.04. The summed E-state index contributed by atoms with van der Waals surface area (Å²) in [5, 5.41) is 1.02. The molecular weight excluding hydrogens is 192 g/mol. The van der Waals surface area contributed by atoms with Crippen molar-refractivity contribution < 1.29 is 9.47 Å². The number of hydrogen-bond donors (Lipinski definition) is 0. The zero-order chi connectivity index (χ0) is 10.5. The Kier molecular flexibility index (Phi) is 3.22. The Morgan fingerprint density at radius 2 is 2.27 bits per heavy atom. The first-order valence-corrected chi connectivity index (χ1v) is 4.65. The number of hydrogen-bond acceptors (Lipinski definition) is 4. The Hall–Kier alpha value is -1.52. The van der Waals surface area contributed by atoms with E-state index in [-0.39, 0.29) is 0 Å². The van der Waals surface area contributed by atoms with Gasteiger partial charge in [0.2, 0.25) is 0 Å². The average Bonchev–Trinajstić information content (AvgIpc) is 2.29. The van der Waals surface area contributed by atoms with Crippen LogP contribution in [0, 0.1) is 0 Å². The van der Waals surface area contributed by atoms with E-state index in [9.17, 15) is 0 Å². The van der Waals surface area contributed by atoms with Crippen LogP contribution >= 0.6 is 0 Å². The fraction of sp³-hybridized carbons (Fsp3) is 0.273. The number of nitrogens with zero attached hydrogens (tertiary/aromatic N) is 2. The van der Waals surface area contributed by atoms with Crippen molar-refractivity contribution in [2.24, 2.45) is 0 Å². The van der Waals surface area contributed by atoms with Crippen LogP contribution in [0.5, 0.6) is 0 Å². The van der Waals surface area contributed by atoms with Gasteiger partial charge in [-0.25, -0.2) is 9.97 Å². The Labute approximate surface area is 87.9 Å². The van der Waals surface area contributed by atoms with Crippen molar-refractivity contribution in [3.8, 4) is 0 Å². The summed E-state index contributed by atoms with van der Waals surface area (Å²) in [7, 11) is 1.61. The highest BCUT2D eigenvalue weighted by Gasteiger charge is 1.97. The van der Waals surface area contributed by atoms with E-state index in [1.165, 1.54) is 0 Å². The molecule has 0 radical (unpaired) electrons. The van der Waals surface area contributed by atoms with Crippen molar-refractivity contribution in [1.29, 1.82) is 0 Å². The molecule has 1 aromatic carbocycles. The maximum Gasteiger partial charge on any atom is 0.146 e. The Morgan fingerprint density at radius 1 is 1.33 bits per heavy atom. The summed E-state index contributed by atoms with van der Waals surface area (Å²) in [6, 6.07) is 5.97. The van der Waals surface area contributed by atoms with E-state index in [1.54, 1.807) is 19.6 Å². The fourth-order valence-corrected chi connectivity index (χ4v) is 1.37. The quantitative estimate of drug-likeness (QED) is 0.562. The van der Waals surface area contributed by atoms with Gasteiger partial charge in [0.15, 0.2) is 0 Å². The lowest BCUT2D eigenvalue weighted by atomic mass is 10.1. The van der Waals surface area contributed by atoms with Crippen molar-refractivity contribution in [3.63, 3.8) is 0 Å². The summed E-state index contributed by atoms with van der Waals surface area (Å²) in [6.07, 6.45) is 3.34. The van der Waals surface area contributed by atoms with Crippen LogP contribution < -0.4 is 0 Å². The van der Waals surface area contributed by atoms with Crippen LogP contribution in [-0.2, 0) is 16.1 Å². The molecule has 0 saturated carbocycles. The largest absolute Gasteiger partial charge is 0.359 e. The van der Waals surface area contributed by atoms with E-state index in [2.05, 4.69) is 9.97 Å². The second-order valence-electron chi connectivity index (χ2n) is 3.17. The topological polar surface area (TPSA) is 44.2 Å². The van der Waals surface area contributed by atoms with Crippen LogP contribution in [0.1, 0.15) is 5.56 Å². The van der Waals surface area contributed by atoms with Gasteiger partial charge < -0.3 is 9.47 Å². The van der Waals surface area contributed by atoms with Gasteiger partial charge in [0.1, 0.15) is 13.1 Å². The second kappa shape index (κ2) is 4.82. The third kappa shape index (κ3) is 2.49. The first kappa shape index (κ1) is 10.0. The molecule has 0 amide bonds. The highest BCUT2D eigenvalue weighted by molar-refractivity contribution is 5.77. The Morgan fingerprint density at radius 3 is 3.13 bits per heavy atom. The van der Waals surface area contributed by atoms with Crippen LogP contribution in [-0.4, -0.2) is 23.9 Å². The molecule has 2 aromatic rings. The molecule has 0 aliphatic carbocycles. The zero-order valence-corrected chi connectivity index (χ0v) is 8.51. The number of rotatable bonds is 4. The normalized spacial score (nSPS) is 10.7. The van der Waals surface area contributed by atoms with Crippen molar-refractivity contribution in [2.45, 2.75) is 6.61 Å². The van der Waals surface area contributed by atoms with Gasteiger partial charge in [0.25, 0.3) is 0 Å². The highest BCUT2D eigenvalue weighted by atomic mass is 16.7. The standard InChI is InChI=1S/C11H12N2O2/c1-14-8-15-6-9-2-3-11-10(4-9)5-12-7-13-11/h2-5,7H,6,8H2,1H3. The smallest absolute Gasteiger partial charge is 0.146 e. The Balaban J connectivity index is 2.16. The van der Waals surface area contributed by atoms with Gasteiger partial charge in [0.05, 0.1) is 12.1 Å². The summed E-state index contributed by atoms with van der Waals surface area (Å²) in [4.78, 5) is 8.12. The van der Waals surface area contributed by atoms with Crippen molar-refractivity contribution in [2.75, 3.05) is 13.9 Å². The Bertz CT molecular complexity index is 445. The second-order valence-corrected chi connectivity index (χ2v) is 3.17. The zero-order valence-electron chi connectivity index (χ0n) is 8.51. The minimum absolute atomic E-state index is 0.309. The van der Waals surface area contributed by atoms with Crippen molar-refractivity contribution in [1.82, 2.24) is 9.97 Å². The SMILES string of the molecule is COCOCc1ccc2ncncc2c1. The number of methoxy groups -OCH3 is 1. The molecule has 78 valence electrons. The lowest BCUT2D eigenvalue weighted by Gasteiger charge is -2.03. The summed E-state index contributed by atoms with van der Waals surface area (Å²) in [5.74, 6) is 0. The van der Waals surface area contributed by atoms with E-state index in [4.69, 9.17) is 9.47 Å². The summed E-state index contributed by atoms with van der Waals surface area (Å²) < 4.78 is 10.1. The minimum Gasteiger partial charge on any atom is -0.359 e. The molecule has 4 nitrogen and oxygen atoms in total. The molecule has 1 aromatic heterocycles. The van der Waals surface area contributed by atoms with Gasteiger partial charge in [-0.3, -0.25) is 0 Å². The van der Waals surface area contributed by atoms with E-state index in [0.717, 1.165) is 16.5 Å². The molecule has 2 rings (SSSR count). The maximum absolute atomic E-state index is 5.25. The first-order valence-electron chi connectivity index (χ1n) is 4.65. The summed E-state index contributed by atoms with van der Waals surface area (Å²) >= 11 is 0. The molecule has 15 heavy (non-hydrogen) atoms. The van der Waals surface area contributed by atoms with E-state index in [0.29, 0.717) is 13.4 Å². The highest BCUT2D eigenvalue weighted by Crippen LogP contribution is 2.12. The molecule has 0 atom stereocenters. The molecule has 1 heterocycles. The van der Waals surface area contributed by atoms with E-state index >= 15 is 0 Å². The molecule has 0 bridgehead atoms. The van der Waals surface area contributed by atoms with Crippen molar-refractivity contribution in [3.05, 3.63) is 36.3 Å². The predicted molar refractivity (Wildman–Crippen MR) is 56.2 cm³/mol. The van der Waals surface area contributed by atoms with Gasteiger partial charge in [-0.2, -0.15) is 0 Å². The summed E-state index contributed by atoms with van der Waals surface area (Å²) in [6.45, 7) is 0.849. The molecule has 0 fully saturated rings. The number of fused-ring (bicyclic) bond motifs is 1. The number of ether oxygens (including phenoxy) is 2. The van der Waals surface area contributed by atoms with Crippen LogP contribution in [0.2, 0.25) is 0 Å². The lowest BCUT2D eigenvalue weighted by Crippen LogP contribution is -1.96. The van der Waals surface area contributed by atoms with Gasteiger partial charge in [-0.15, -0.1) is 0 Å². The van der Waals surface area contributed by atoms with Gasteiger partial charge in [-0.1, -0.05) is 6.07 Å².